The SMILES string of the molecule is Cc1ccc(Cl)cc1NC(=O)C(C)(C)C(=O)Nc1ccc(N(C)C)cc1. The molecular formula is C20H24ClN3O2. The number of amides is 2. The Bertz CT molecular complexity index is 814. The molecule has 2 aromatic carbocycles. The highest BCUT2D eigenvalue weighted by Crippen LogP contribution is 2.25. The fourth-order valence-electron chi connectivity index (χ4n) is 2.24. The van der Waals surface area contributed by atoms with Gasteiger partial charge < -0.3 is 15.5 Å². The third-order valence-corrected chi connectivity index (χ3v) is 4.46. The van der Waals surface area contributed by atoms with Crippen molar-refractivity contribution in [1.29, 1.82) is 0 Å². The zero-order valence-corrected chi connectivity index (χ0v) is 16.4. The number of hydrogen-bond donors (Lipinski definition) is 2. The van der Waals surface area contributed by atoms with Gasteiger partial charge in [0.05, 0.1) is 0 Å². The molecule has 0 fully saturated rings. The number of hydrogen-bond acceptors (Lipinski definition) is 3. The average molecular weight is 374 g/mol. The summed E-state index contributed by atoms with van der Waals surface area (Å²) in [6, 6.07) is 12.7. The van der Waals surface area contributed by atoms with E-state index in [1.807, 2.05) is 56.3 Å². The number of aryl methyl sites for hydroxylation is 1. The van der Waals surface area contributed by atoms with Crippen LogP contribution in [0, 0.1) is 12.3 Å². The molecule has 2 aromatic rings. The van der Waals surface area contributed by atoms with Crippen LogP contribution in [0.2, 0.25) is 5.02 Å². The summed E-state index contributed by atoms with van der Waals surface area (Å²) in [7, 11) is 3.89. The van der Waals surface area contributed by atoms with Crippen molar-refractivity contribution in [3.63, 3.8) is 0 Å². The summed E-state index contributed by atoms with van der Waals surface area (Å²) >= 11 is 5.99. The van der Waals surface area contributed by atoms with E-state index in [4.69, 9.17) is 11.6 Å². The van der Waals surface area contributed by atoms with Crippen molar-refractivity contribution in [1.82, 2.24) is 0 Å². The maximum Gasteiger partial charge on any atom is 0.239 e. The number of nitrogens with zero attached hydrogens (tertiary/aromatic N) is 1. The van der Waals surface area contributed by atoms with E-state index in [9.17, 15) is 9.59 Å². The van der Waals surface area contributed by atoms with Crippen LogP contribution in [0.25, 0.3) is 0 Å². The Kier molecular flexibility index (Phi) is 5.93. The molecule has 0 aliphatic heterocycles. The van der Waals surface area contributed by atoms with E-state index in [1.165, 1.54) is 0 Å². The molecule has 0 heterocycles. The monoisotopic (exact) mass is 373 g/mol. The largest absolute Gasteiger partial charge is 0.378 e. The van der Waals surface area contributed by atoms with Gasteiger partial charge in [-0.1, -0.05) is 17.7 Å². The minimum absolute atomic E-state index is 0.382. The first-order chi connectivity index (χ1) is 12.1. The first-order valence-electron chi connectivity index (χ1n) is 8.27. The van der Waals surface area contributed by atoms with E-state index in [2.05, 4.69) is 10.6 Å². The van der Waals surface area contributed by atoms with Crippen molar-refractivity contribution in [3.8, 4) is 0 Å². The van der Waals surface area contributed by atoms with Gasteiger partial charge in [0, 0.05) is 36.2 Å². The topological polar surface area (TPSA) is 61.4 Å². The summed E-state index contributed by atoms with van der Waals surface area (Å²) in [5.41, 5.74) is 1.88. The minimum Gasteiger partial charge on any atom is -0.378 e. The Morgan fingerprint density at radius 2 is 1.54 bits per heavy atom. The highest BCUT2D eigenvalue weighted by atomic mass is 35.5. The second-order valence-electron chi connectivity index (χ2n) is 6.93. The molecule has 2 amide bonds. The van der Waals surface area contributed by atoms with Crippen LogP contribution >= 0.6 is 11.6 Å². The fourth-order valence-corrected chi connectivity index (χ4v) is 2.41. The second-order valence-corrected chi connectivity index (χ2v) is 7.37. The predicted octanol–water partition coefficient (Wildman–Crippen LogP) is 4.32. The van der Waals surface area contributed by atoms with Crippen LogP contribution < -0.4 is 15.5 Å². The Morgan fingerprint density at radius 3 is 2.12 bits per heavy atom. The zero-order chi connectivity index (χ0) is 19.5. The predicted molar refractivity (Wildman–Crippen MR) is 108 cm³/mol. The highest BCUT2D eigenvalue weighted by Gasteiger charge is 2.36. The maximum atomic E-state index is 12.7. The molecule has 0 spiro atoms. The van der Waals surface area contributed by atoms with Gasteiger partial charge in [0.2, 0.25) is 11.8 Å². The minimum atomic E-state index is -1.25. The van der Waals surface area contributed by atoms with Crippen molar-refractivity contribution < 1.29 is 9.59 Å². The lowest BCUT2D eigenvalue weighted by Crippen LogP contribution is -2.41. The normalized spacial score (nSPS) is 11.0. The molecule has 0 saturated carbocycles. The lowest BCUT2D eigenvalue weighted by Gasteiger charge is -2.23. The summed E-state index contributed by atoms with van der Waals surface area (Å²) in [6.07, 6.45) is 0. The average Bonchev–Trinajstić information content (AvgIpc) is 2.58. The highest BCUT2D eigenvalue weighted by molar-refractivity contribution is 6.31. The van der Waals surface area contributed by atoms with Crippen LogP contribution in [0.15, 0.2) is 42.5 Å². The van der Waals surface area contributed by atoms with Crippen LogP contribution in [-0.4, -0.2) is 25.9 Å². The summed E-state index contributed by atoms with van der Waals surface area (Å²) in [5, 5.41) is 6.11. The molecule has 0 unspecified atom stereocenters. The van der Waals surface area contributed by atoms with E-state index in [1.54, 1.807) is 26.0 Å². The van der Waals surface area contributed by atoms with Crippen molar-refractivity contribution in [2.75, 3.05) is 29.6 Å². The first-order valence-corrected chi connectivity index (χ1v) is 8.65. The van der Waals surface area contributed by atoms with Gasteiger partial charge in [0.15, 0.2) is 0 Å². The fraction of sp³-hybridized carbons (Fsp3) is 0.300. The molecule has 0 atom stereocenters. The van der Waals surface area contributed by atoms with E-state index in [0.29, 0.717) is 16.4 Å². The van der Waals surface area contributed by atoms with Gasteiger partial charge in [0.1, 0.15) is 5.41 Å². The molecule has 138 valence electrons. The summed E-state index contributed by atoms with van der Waals surface area (Å²) < 4.78 is 0. The molecule has 26 heavy (non-hydrogen) atoms. The quantitative estimate of drug-likeness (QED) is 0.767. The molecular weight excluding hydrogens is 350 g/mol. The summed E-state index contributed by atoms with van der Waals surface area (Å²) in [4.78, 5) is 27.2. The molecule has 0 bridgehead atoms. The number of carbonyl (C=O) groups excluding carboxylic acids is 2. The van der Waals surface area contributed by atoms with Gasteiger partial charge in [0.25, 0.3) is 0 Å². The van der Waals surface area contributed by atoms with Crippen LogP contribution in [0.4, 0.5) is 17.1 Å². The van der Waals surface area contributed by atoms with Crippen molar-refractivity contribution in [3.05, 3.63) is 53.1 Å². The standard InChI is InChI=1S/C20H24ClN3O2/c1-13-6-7-14(21)12-17(13)23-19(26)20(2,3)18(25)22-15-8-10-16(11-9-15)24(4)5/h6-12H,1-5H3,(H,22,25)(H,23,26). The molecule has 0 aromatic heterocycles. The number of benzene rings is 2. The van der Waals surface area contributed by atoms with E-state index < -0.39 is 11.3 Å². The van der Waals surface area contributed by atoms with E-state index in [-0.39, 0.29) is 5.91 Å². The first kappa shape index (κ1) is 19.8. The van der Waals surface area contributed by atoms with Crippen molar-refractivity contribution >= 4 is 40.5 Å². The molecule has 0 radical (unpaired) electrons. The summed E-state index contributed by atoms with van der Waals surface area (Å²) in [5.74, 6) is -0.780. The van der Waals surface area contributed by atoms with E-state index >= 15 is 0 Å². The third kappa shape index (κ3) is 4.55. The Morgan fingerprint density at radius 1 is 0.962 bits per heavy atom. The van der Waals surface area contributed by atoms with Crippen LogP contribution in [0.5, 0.6) is 0 Å². The van der Waals surface area contributed by atoms with Gasteiger partial charge in [-0.25, -0.2) is 0 Å². The Hall–Kier alpha value is -2.53. The van der Waals surface area contributed by atoms with Crippen molar-refractivity contribution in [2.24, 2.45) is 5.41 Å². The lowest BCUT2D eigenvalue weighted by molar-refractivity contribution is -0.135. The molecule has 0 aliphatic carbocycles. The maximum absolute atomic E-state index is 12.7. The molecule has 0 saturated heterocycles. The van der Waals surface area contributed by atoms with Gasteiger partial charge in [-0.2, -0.15) is 0 Å². The van der Waals surface area contributed by atoms with Gasteiger partial charge in [-0.05, 0) is 62.7 Å². The number of nitrogens with one attached hydrogen (secondary N) is 2. The molecule has 0 aliphatic rings. The van der Waals surface area contributed by atoms with Gasteiger partial charge >= 0.3 is 0 Å². The Labute approximate surface area is 159 Å². The lowest BCUT2D eigenvalue weighted by atomic mass is 9.90. The number of carbonyl (C=O) groups is 2. The molecule has 2 N–H and O–H groups in total. The zero-order valence-electron chi connectivity index (χ0n) is 15.7. The number of halogens is 1. The van der Waals surface area contributed by atoms with Crippen molar-refractivity contribution in [2.45, 2.75) is 20.8 Å². The second kappa shape index (κ2) is 7.79. The summed E-state index contributed by atoms with van der Waals surface area (Å²) in [6.45, 7) is 5.04. The molecule has 2 rings (SSSR count). The number of anilines is 3. The van der Waals surface area contributed by atoms with E-state index in [0.717, 1.165) is 11.3 Å². The van der Waals surface area contributed by atoms with Crippen LogP contribution in [0.3, 0.4) is 0 Å². The smallest absolute Gasteiger partial charge is 0.239 e. The Balaban J connectivity index is 2.10. The van der Waals surface area contributed by atoms with Gasteiger partial charge in [-0.15, -0.1) is 0 Å². The molecule has 5 nitrogen and oxygen atoms in total. The van der Waals surface area contributed by atoms with Crippen LogP contribution in [0.1, 0.15) is 19.4 Å². The third-order valence-electron chi connectivity index (χ3n) is 4.22. The van der Waals surface area contributed by atoms with Crippen LogP contribution in [-0.2, 0) is 9.59 Å². The van der Waals surface area contributed by atoms with Gasteiger partial charge in [-0.3, -0.25) is 9.59 Å². The molecule has 6 heteroatoms. The number of rotatable bonds is 5.